The van der Waals surface area contributed by atoms with Crippen LogP contribution in [0.2, 0.25) is 0 Å². The maximum atomic E-state index is 12.3. The number of ether oxygens (including phenoxy) is 4. The van der Waals surface area contributed by atoms with Gasteiger partial charge in [0.15, 0.2) is 5.75 Å². The molecule has 4 rings (SSSR count). The standard InChI is InChI=1S/C21H26N4O5/c1-12(2)28-21(26)25-8-15-10-27-17(9-25)18(15)30-20-13(3)19(23-11-24-20)29-16-6-5-7-22-14(16)4/h5-7,11-12,15,17-18H,8-10H2,1-4H3/t15-,17-,18-/m1/s1. The van der Waals surface area contributed by atoms with E-state index in [1.165, 1.54) is 6.33 Å². The van der Waals surface area contributed by atoms with E-state index in [2.05, 4.69) is 15.0 Å². The summed E-state index contributed by atoms with van der Waals surface area (Å²) in [7, 11) is 0. The number of hydrogen-bond acceptors (Lipinski definition) is 8. The minimum absolute atomic E-state index is 0.0442. The van der Waals surface area contributed by atoms with Crippen LogP contribution in [0.15, 0.2) is 24.7 Å². The van der Waals surface area contributed by atoms with Gasteiger partial charge in [-0.15, -0.1) is 0 Å². The van der Waals surface area contributed by atoms with Crippen molar-refractivity contribution in [2.24, 2.45) is 5.92 Å². The van der Waals surface area contributed by atoms with E-state index >= 15 is 0 Å². The van der Waals surface area contributed by atoms with E-state index in [1.807, 2.05) is 39.8 Å². The number of pyridine rings is 1. The molecule has 0 unspecified atom stereocenters. The van der Waals surface area contributed by atoms with E-state index in [1.54, 1.807) is 11.1 Å². The van der Waals surface area contributed by atoms with E-state index in [0.29, 0.717) is 42.8 Å². The molecule has 2 aromatic heterocycles. The molecule has 0 radical (unpaired) electrons. The highest BCUT2D eigenvalue weighted by Gasteiger charge is 2.47. The maximum absolute atomic E-state index is 12.3. The van der Waals surface area contributed by atoms with E-state index in [0.717, 1.165) is 5.69 Å². The Morgan fingerprint density at radius 1 is 1.20 bits per heavy atom. The average Bonchev–Trinajstić information content (AvgIpc) is 2.93. The molecule has 2 aliphatic heterocycles. The Morgan fingerprint density at radius 3 is 2.73 bits per heavy atom. The smallest absolute Gasteiger partial charge is 0.410 e. The van der Waals surface area contributed by atoms with Crippen LogP contribution in [0.4, 0.5) is 4.79 Å². The molecular formula is C21H26N4O5. The first-order valence-corrected chi connectivity index (χ1v) is 10.1. The third-order valence-electron chi connectivity index (χ3n) is 5.21. The number of carbonyl (C=O) groups is 1. The second-order valence-electron chi connectivity index (χ2n) is 7.85. The van der Waals surface area contributed by atoms with Crippen molar-refractivity contribution in [3.8, 4) is 17.5 Å². The van der Waals surface area contributed by atoms with Crippen LogP contribution in [0.5, 0.6) is 17.5 Å². The van der Waals surface area contributed by atoms with Gasteiger partial charge in [-0.25, -0.2) is 14.8 Å². The van der Waals surface area contributed by atoms with Crippen LogP contribution in [0.1, 0.15) is 25.1 Å². The van der Waals surface area contributed by atoms with Gasteiger partial charge in [-0.05, 0) is 39.8 Å². The molecule has 9 heteroatoms. The van der Waals surface area contributed by atoms with Crippen LogP contribution >= 0.6 is 0 Å². The number of likely N-dealkylation sites (tertiary alicyclic amines) is 1. The number of amides is 1. The number of nitrogens with zero attached hydrogens (tertiary/aromatic N) is 4. The monoisotopic (exact) mass is 414 g/mol. The molecule has 9 nitrogen and oxygen atoms in total. The highest BCUT2D eigenvalue weighted by molar-refractivity contribution is 5.68. The summed E-state index contributed by atoms with van der Waals surface area (Å²) in [5.41, 5.74) is 1.46. The van der Waals surface area contributed by atoms with Crippen molar-refractivity contribution in [2.75, 3.05) is 19.7 Å². The molecule has 0 spiro atoms. The Bertz CT molecular complexity index is 908. The summed E-state index contributed by atoms with van der Waals surface area (Å²) in [6, 6.07) is 3.65. The van der Waals surface area contributed by atoms with Gasteiger partial charge in [-0.1, -0.05) is 0 Å². The zero-order valence-electron chi connectivity index (χ0n) is 17.6. The molecule has 2 aliphatic rings. The van der Waals surface area contributed by atoms with Crippen LogP contribution in [-0.2, 0) is 9.47 Å². The molecule has 0 saturated carbocycles. The molecule has 3 atom stereocenters. The number of aromatic nitrogens is 3. The molecular weight excluding hydrogens is 388 g/mol. The summed E-state index contributed by atoms with van der Waals surface area (Å²) >= 11 is 0. The number of carbonyl (C=O) groups excluding carboxylic acids is 1. The number of hydrogen-bond donors (Lipinski definition) is 0. The molecule has 2 aromatic rings. The quantitative estimate of drug-likeness (QED) is 0.737. The largest absolute Gasteiger partial charge is 0.471 e. The van der Waals surface area contributed by atoms with Gasteiger partial charge in [-0.2, -0.15) is 0 Å². The van der Waals surface area contributed by atoms with Gasteiger partial charge in [0, 0.05) is 18.7 Å². The first kappa shape index (κ1) is 20.3. The lowest BCUT2D eigenvalue weighted by Crippen LogP contribution is -2.52. The molecule has 0 N–H and O–H groups in total. The lowest BCUT2D eigenvalue weighted by atomic mass is 9.96. The van der Waals surface area contributed by atoms with E-state index in [4.69, 9.17) is 18.9 Å². The molecule has 2 fully saturated rings. The fourth-order valence-corrected chi connectivity index (χ4v) is 3.68. The Hall–Kier alpha value is -2.94. The molecule has 30 heavy (non-hydrogen) atoms. The zero-order valence-corrected chi connectivity index (χ0v) is 17.6. The lowest BCUT2D eigenvalue weighted by molar-refractivity contribution is -0.00409. The van der Waals surface area contributed by atoms with E-state index < -0.39 is 0 Å². The summed E-state index contributed by atoms with van der Waals surface area (Å²) in [5.74, 6) is 1.54. The fourth-order valence-electron chi connectivity index (χ4n) is 3.68. The van der Waals surface area contributed by atoms with Crippen molar-refractivity contribution in [1.82, 2.24) is 19.9 Å². The molecule has 1 amide bonds. The van der Waals surface area contributed by atoms with Gasteiger partial charge in [0.2, 0.25) is 11.8 Å². The van der Waals surface area contributed by atoms with Crippen molar-refractivity contribution in [2.45, 2.75) is 46.0 Å². The van der Waals surface area contributed by atoms with Gasteiger partial charge in [0.1, 0.15) is 18.5 Å². The summed E-state index contributed by atoms with van der Waals surface area (Å²) < 4.78 is 23.4. The summed E-state index contributed by atoms with van der Waals surface area (Å²) in [5, 5.41) is 0. The molecule has 0 aliphatic carbocycles. The average molecular weight is 414 g/mol. The number of rotatable bonds is 5. The molecule has 4 heterocycles. The number of fused-ring (bicyclic) bond motifs is 2. The van der Waals surface area contributed by atoms with Crippen molar-refractivity contribution in [1.29, 1.82) is 0 Å². The Kier molecular flexibility index (Phi) is 5.72. The Labute approximate surface area is 175 Å². The topological polar surface area (TPSA) is 95.9 Å². The van der Waals surface area contributed by atoms with Crippen molar-refractivity contribution in [3.63, 3.8) is 0 Å². The third-order valence-corrected chi connectivity index (χ3v) is 5.21. The van der Waals surface area contributed by atoms with Crippen molar-refractivity contribution >= 4 is 6.09 Å². The number of aryl methyl sites for hydroxylation is 1. The van der Waals surface area contributed by atoms with Crippen molar-refractivity contribution < 1.29 is 23.7 Å². The van der Waals surface area contributed by atoms with E-state index in [9.17, 15) is 4.79 Å². The van der Waals surface area contributed by atoms with Gasteiger partial charge in [0.05, 0.1) is 30.5 Å². The van der Waals surface area contributed by atoms with Crippen molar-refractivity contribution in [3.05, 3.63) is 35.9 Å². The minimum atomic E-state index is -0.315. The summed E-state index contributed by atoms with van der Waals surface area (Å²) in [4.78, 5) is 26.7. The minimum Gasteiger partial charge on any atom is -0.471 e. The highest BCUT2D eigenvalue weighted by atomic mass is 16.6. The predicted octanol–water partition coefficient (Wildman–Crippen LogP) is 2.90. The second-order valence-corrected chi connectivity index (χ2v) is 7.85. The third kappa shape index (κ3) is 4.16. The van der Waals surface area contributed by atoms with Gasteiger partial charge in [-0.3, -0.25) is 4.98 Å². The second kappa shape index (κ2) is 8.43. The van der Waals surface area contributed by atoms with Crippen LogP contribution in [-0.4, -0.2) is 64.0 Å². The fraction of sp³-hybridized carbons (Fsp3) is 0.524. The molecule has 0 aromatic carbocycles. The molecule has 2 bridgehead atoms. The van der Waals surface area contributed by atoms with Gasteiger partial charge < -0.3 is 23.8 Å². The Morgan fingerprint density at radius 2 is 2.00 bits per heavy atom. The van der Waals surface area contributed by atoms with E-state index in [-0.39, 0.29) is 30.3 Å². The highest BCUT2D eigenvalue weighted by Crippen LogP contribution is 2.34. The maximum Gasteiger partial charge on any atom is 0.410 e. The van der Waals surface area contributed by atoms with Gasteiger partial charge in [0.25, 0.3) is 0 Å². The van der Waals surface area contributed by atoms with Crippen LogP contribution in [0.25, 0.3) is 0 Å². The van der Waals surface area contributed by atoms with Crippen LogP contribution in [0.3, 0.4) is 0 Å². The van der Waals surface area contributed by atoms with Gasteiger partial charge >= 0.3 is 6.09 Å². The first-order chi connectivity index (χ1) is 14.4. The van der Waals surface area contributed by atoms with Crippen LogP contribution < -0.4 is 9.47 Å². The molecule has 160 valence electrons. The van der Waals surface area contributed by atoms with Crippen LogP contribution in [0, 0.1) is 19.8 Å². The normalized spacial score (nSPS) is 22.8. The molecule has 2 saturated heterocycles. The Balaban J connectivity index is 1.47. The SMILES string of the molecule is Cc1ncccc1Oc1ncnc(O[C@@H]2[C@H]3CO[C@@H]2CN(C(=O)OC(C)C)C3)c1C. The zero-order chi connectivity index (χ0) is 21.3. The lowest BCUT2D eigenvalue weighted by Gasteiger charge is -2.35. The predicted molar refractivity (Wildman–Crippen MR) is 107 cm³/mol. The first-order valence-electron chi connectivity index (χ1n) is 10.1. The summed E-state index contributed by atoms with van der Waals surface area (Å²) in [6.07, 6.45) is 2.22. The summed E-state index contributed by atoms with van der Waals surface area (Å²) in [6.45, 7) is 8.88. The number of piperidine rings is 1.